The number of carbonyl (C=O) groups is 2. The van der Waals surface area contributed by atoms with Gasteiger partial charge in [0.1, 0.15) is 5.75 Å². The van der Waals surface area contributed by atoms with Gasteiger partial charge >= 0.3 is 5.97 Å². The van der Waals surface area contributed by atoms with Crippen LogP contribution in [0.3, 0.4) is 0 Å². The molecule has 7 heteroatoms. The maximum Gasteiger partial charge on any atom is 0.340 e. The van der Waals surface area contributed by atoms with Crippen molar-refractivity contribution in [2.45, 2.75) is 13.1 Å². The first-order chi connectivity index (χ1) is 14.6. The van der Waals surface area contributed by atoms with E-state index in [1.54, 1.807) is 67.6 Å². The molecule has 1 aliphatic rings. The second kappa shape index (κ2) is 8.24. The van der Waals surface area contributed by atoms with Gasteiger partial charge in [0.2, 0.25) is 0 Å². The molecule has 0 fully saturated rings. The van der Waals surface area contributed by atoms with Crippen molar-refractivity contribution in [2.75, 3.05) is 23.9 Å². The summed E-state index contributed by atoms with van der Waals surface area (Å²) in [5.74, 6) is 0.0924. The SMILES string of the molecule is CCOC(=O)c1ccccc1N[C@@H]1c2ncccc2C(=O)N1c1ccc(OC)cc1. The minimum Gasteiger partial charge on any atom is -0.497 e. The number of rotatable bonds is 6. The van der Waals surface area contributed by atoms with Crippen LogP contribution < -0.4 is 15.0 Å². The molecular weight excluding hydrogens is 382 g/mol. The minimum absolute atomic E-state index is 0.172. The Morgan fingerprint density at radius 3 is 2.60 bits per heavy atom. The highest BCUT2D eigenvalue weighted by Crippen LogP contribution is 2.38. The van der Waals surface area contributed by atoms with E-state index in [2.05, 4.69) is 10.3 Å². The molecule has 1 atom stereocenters. The monoisotopic (exact) mass is 403 g/mol. The number of hydrogen-bond acceptors (Lipinski definition) is 6. The lowest BCUT2D eigenvalue weighted by Gasteiger charge is -2.27. The Morgan fingerprint density at radius 1 is 1.10 bits per heavy atom. The molecule has 2 aromatic carbocycles. The van der Waals surface area contributed by atoms with Crippen molar-refractivity contribution in [1.82, 2.24) is 4.98 Å². The lowest BCUT2D eigenvalue weighted by Crippen LogP contribution is -2.32. The summed E-state index contributed by atoms with van der Waals surface area (Å²) in [7, 11) is 1.59. The van der Waals surface area contributed by atoms with Crippen LogP contribution in [-0.4, -0.2) is 30.6 Å². The van der Waals surface area contributed by atoms with Gasteiger partial charge in [-0.25, -0.2) is 4.79 Å². The first-order valence-corrected chi connectivity index (χ1v) is 9.59. The largest absolute Gasteiger partial charge is 0.497 e. The topological polar surface area (TPSA) is 80.8 Å². The Balaban J connectivity index is 1.76. The number of fused-ring (bicyclic) bond motifs is 1. The highest BCUT2D eigenvalue weighted by Gasteiger charge is 2.39. The number of amides is 1. The van der Waals surface area contributed by atoms with Gasteiger partial charge in [-0.1, -0.05) is 12.1 Å². The highest BCUT2D eigenvalue weighted by atomic mass is 16.5. The van der Waals surface area contributed by atoms with E-state index in [4.69, 9.17) is 9.47 Å². The number of ether oxygens (including phenoxy) is 2. The Morgan fingerprint density at radius 2 is 1.87 bits per heavy atom. The molecule has 1 aliphatic heterocycles. The van der Waals surface area contributed by atoms with Crippen molar-refractivity contribution < 1.29 is 19.1 Å². The number of methoxy groups -OCH3 is 1. The van der Waals surface area contributed by atoms with Crippen LogP contribution in [0.4, 0.5) is 11.4 Å². The molecule has 0 saturated carbocycles. The maximum atomic E-state index is 13.2. The number of esters is 1. The fourth-order valence-corrected chi connectivity index (χ4v) is 3.47. The first kappa shape index (κ1) is 19.4. The predicted octanol–water partition coefficient (Wildman–Crippen LogP) is 4.04. The van der Waals surface area contributed by atoms with Gasteiger partial charge in [-0.2, -0.15) is 0 Å². The summed E-state index contributed by atoms with van der Waals surface area (Å²) in [5.41, 5.74) is 2.75. The summed E-state index contributed by atoms with van der Waals surface area (Å²) in [5, 5.41) is 3.32. The standard InChI is InChI=1S/C23H21N3O4/c1-3-30-23(28)17-7-4-5-9-19(17)25-21-20-18(8-6-14-24-20)22(27)26(21)15-10-12-16(29-2)13-11-15/h4-14,21,25H,3H2,1-2H3/t21-/m0/s1. The lowest BCUT2D eigenvalue weighted by molar-refractivity contribution is 0.0527. The Bertz CT molecular complexity index is 1080. The Labute approximate surface area is 174 Å². The molecule has 1 N–H and O–H groups in total. The smallest absolute Gasteiger partial charge is 0.340 e. The average Bonchev–Trinajstić information content (AvgIpc) is 3.06. The number of carbonyl (C=O) groups excluding carboxylic acids is 2. The van der Waals surface area contributed by atoms with Gasteiger partial charge in [0.05, 0.1) is 36.2 Å². The van der Waals surface area contributed by atoms with E-state index in [1.807, 2.05) is 18.2 Å². The molecule has 0 unspecified atom stereocenters. The van der Waals surface area contributed by atoms with Crippen LogP contribution in [0.1, 0.15) is 39.5 Å². The number of hydrogen-bond donors (Lipinski definition) is 1. The summed E-state index contributed by atoms with van der Waals surface area (Å²) in [4.78, 5) is 31.7. The zero-order valence-corrected chi connectivity index (χ0v) is 16.7. The van der Waals surface area contributed by atoms with Crippen LogP contribution >= 0.6 is 0 Å². The molecular formula is C23H21N3O4. The van der Waals surface area contributed by atoms with Crippen molar-refractivity contribution in [3.8, 4) is 5.75 Å². The van der Waals surface area contributed by atoms with Crippen molar-refractivity contribution in [2.24, 2.45) is 0 Å². The number of aromatic nitrogens is 1. The summed E-state index contributed by atoms with van der Waals surface area (Å²) in [6.07, 6.45) is 1.06. The third kappa shape index (κ3) is 3.45. The summed E-state index contributed by atoms with van der Waals surface area (Å²) < 4.78 is 10.4. The summed E-state index contributed by atoms with van der Waals surface area (Å²) in [6, 6.07) is 17.8. The third-order valence-electron chi connectivity index (χ3n) is 4.87. The minimum atomic E-state index is -0.585. The predicted molar refractivity (Wildman–Crippen MR) is 113 cm³/mol. The first-order valence-electron chi connectivity index (χ1n) is 9.59. The summed E-state index contributed by atoms with van der Waals surface area (Å²) in [6.45, 7) is 2.03. The normalized spacial score (nSPS) is 14.9. The maximum absolute atomic E-state index is 13.2. The zero-order valence-electron chi connectivity index (χ0n) is 16.7. The van der Waals surface area contributed by atoms with Crippen molar-refractivity contribution in [3.05, 3.63) is 83.7 Å². The fraction of sp³-hybridized carbons (Fsp3) is 0.174. The fourth-order valence-electron chi connectivity index (χ4n) is 3.47. The van der Waals surface area contributed by atoms with Gasteiger partial charge in [-0.3, -0.25) is 14.7 Å². The van der Waals surface area contributed by atoms with Crippen LogP contribution in [0.2, 0.25) is 0 Å². The molecule has 3 aromatic rings. The van der Waals surface area contributed by atoms with Crippen molar-refractivity contribution in [3.63, 3.8) is 0 Å². The highest BCUT2D eigenvalue weighted by molar-refractivity contribution is 6.11. The van der Waals surface area contributed by atoms with E-state index in [0.717, 1.165) is 0 Å². The van der Waals surface area contributed by atoms with Crippen LogP contribution in [0.15, 0.2) is 66.9 Å². The second-order valence-electron chi connectivity index (χ2n) is 6.62. The van der Waals surface area contributed by atoms with E-state index in [9.17, 15) is 9.59 Å². The van der Waals surface area contributed by atoms with Crippen molar-refractivity contribution >= 4 is 23.3 Å². The van der Waals surface area contributed by atoms with Gasteiger partial charge in [0.15, 0.2) is 6.17 Å². The number of nitrogens with zero attached hydrogens (tertiary/aromatic N) is 2. The molecule has 0 bridgehead atoms. The molecule has 1 amide bonds. The zero-order chi connectivity index (χ0) is 21.1. The van der Waals surface area contributed by atoms with Crippen LogP contribution in [0.25, 0.3) is 0 Å². The van der Waals surface area contributed by atoms with E-state index < -0.39 is 12.1 Å². The molecule has 0 spiro atoms. The van der Waals surface area contributed by atoms with E-state index in [0.29, 0.717) is 33.9 Å². The molecule has 7 nitrogen and oxygen atoms in total. The summed E-state index contributed by atoms with van der Waals surface area (Å²) >= 11 is 0. The number of nitrogens with one attached hydrogen (secondary N) is 1. The quantitative estimate of drug-likeness (QED) is 0.626. The van der Waals surface area contributed by atoms with Crippen LogP contribution in [0.5, 0.6) is 5.75 Å². The molecule has 0 saturated heterocycles. The van der Waals surface area contributed by atoms with Gasteiger partial charge in [-0.15, -0.1) is 0 Å². The molecule has 152 valence electrons. The lowest BCUT2D eigenvalue weighted by atomic mass is 10.1. The molecule has 0 aliphatic carbocycles. The third-order valence-corrected chi connectivity index (χ3v) is 4.87. The van der Waals surface area contributed by atoms with Gasteiger partial charge in [0.25, 0.3) is 5.91 Å². The molecule has 30 heavy (non-hydrogen) atoms. The van der Waals surface area contributed by atoms with Gasteiger partial charge < -0.3 is 14.8 Å². The number of pyridine rings is 1. The van der Waals surface area contributed by atoms with E-state index >= 15 is 0 Å². The molecule has 2 heterocycles. The molecule has 4 rings (SSSR count). The Hall–Kier alpha value is -3.87. The molecule has 1 aromatic heterocycles. The van der Waals surface area contributed by atoms with E-state index in [-0.39, 0.29) is 12.5 Å². The average molecular weight is 403 g/mol. The number of benzene rings is 2. The van der Waals surface area contributed by atoms with Gasteiger partial charge in [0, 0.05) is 11.9 Å². The van der Waals surface area contributed by atoms with Crippen LogP contribution in [-0.2, 0) is 4.74 Å². The number of para-hydroxylation sites is 1. The van der Waals surface area contributed by atoms with E-state index in [1.165, 1.54) is 0 Å². The number of anilines is 2. The second-order valence-corrected chi connectivity index (χ2v) is 6.62. The van der Waals surface area contributed by atoms with Crippen molar-refractivity contribution in [1.29, 1.82) is 0 Å². The van der Waals surface area contributed by atoms with Crippen LogP contribution in [0, 0.1) is 0 Å². The van der Waals surface area contributed by atoms with Gasteiger partial charge in [-0.05, 0) is 55.5 Å². The molecule has 0 radical (unpaired) electrons. The Kier molecular flexibility index (Phi) is 5.34.